The highest BCUT2D eigenvalue weighted by Gasteiger charge is 2.19. The number of nitrogens with zero attached hydrogens (tertiary/aromatic N) is 1. The molecule has 0 unspecified atom stereocenters. The van der Waals surface area contributed by atoms with Crippen LogP contribution >= 0.6 is 12.2 Å². The van der Waals surface area contributed by atoms with E-state index >= 15 is 0 Å². The molecular weight excluding hydrogens is 306 g/mol. The minimum absolute atomic E-state index is 0.00638. The molecule has 0 aliphatic rings. The van der Waals surface area contributed by atoms with Crippen molar-refractivity contribution in [3.63, 3.8) is 0 Å². The summed E-state index contributed by atoms with van der Waals surface area (Å²) in [5, 5.41) is 17.8. The minimum Gasteiger partial charge on any atom is -0.493 e. The second kappa shape index (κ2) is 9.04. The van der Waals surface area contributed by atoms with Gasteiger partial charge in [0.25, 0.3) is 5.69 Å². The molecule has 2 N–H and O–H groups in total. The molecule has 0 aliphatic heterocycles. The molecule has 0 saturated heterocycles. The van der Waals surface area contributed by atoms with Gasteiger partial charge in [0.05, 0.1) is 25.2 Å². The Morgan fingerprint density at radius 3 is 2.36 bits per heavy atom. The molecule has 22 heavy (non-hydrogen) atoms. The van der Waals surface area contributed by atoms with Gasteiger partial charge in [-0.05, 0) is 31.1 Å². The molecule has 0 atom stereocenters. The maximum absolute atomic E-state index is 11.2. The summed E-state index contributed by atoms with van der Waals surface area (Å²) in [5.74, 6) is 0.806. The summed E-state index contributed by atoms with van der Waals surface area (Å²) >= 11 is 5.11. The lowest BCUT2D eigenvalue weighted by molar-refractivity contribution is -0.385. The highest BCUT2D eigenvalue weighted by atomic mass is 32.1. The Kier molecular flexibility index (Phi) is 7.38. The normalized spacial score (nSPS) is 9.95. The fraction of sp³-hybridized carbons (Fsp3) is 0.500. The van der Waals surface area contributed by atoms with Crippen molar-refractivity contribution in [1.82, 2.24) is 10.6 Å². The SMILES string of the molecule is CCCNC(=S)NCCc1cc(OC)c(OC)cc1[N+](=O)[O-]. The van der Waals surface area contributed by atoms with Crippen LogP contribution in [0.5, 0.6) is 11.5 Å². The number of hydrogen-bond acceptors (Lipinski definition) is 5. The van der Waals surface area contributed by atoms with Gasteiger partial charge in [-0.25, -0.2) is 0 Å². The largest absolute Gasteiger partial charge is 0.493 e. The van der Waals surface area contributed by atoms with Crippen LogP contribution in [0.3, 0.4) is 0 Å². The number of thiocarbonyl (C=S) groups is 1. The van der Waals surface area contributed by atoms with E-state index in [1.165, 1.54) is 20.3 Å². The van der Waals surface area contributed by atoms with Gasteiger partial charge in [-0.2, -0.15) is 0 Å². The molecule has 0 amide bonds. The first-order valence-corrected chi connectivity index (χ1v) is 7.35. The lowest BCUT2D eigenvalue weighted by Gasteiger charge is -2.12. The number of hydrogen-bond donors (Lipinski definition) is 2. The number of nitro benzene ring substituents is 1. The molecule has 0 fully saturated rings. The molecule has 1 rings (SSSR count). The lowest BCUT2D eigenvalue weighted by atomic mass is 10.1. The Morgan fingerprint density at radius 2 is 1.82 bits per heavy atom. The van der Waals surface area contributed by atoms with E-state index < -0.39 is 4.92 Å². The van der Waals surface area contributed by atoms with E-state index in [0.717, 1.165) is 13.0 Å². The van der Waals surface area contributed by atoms with Crippen LogP contribution in [0.2, 0.25) is 0 Å². The summed E-state index contributed by atoms with van der Waals surface area (Å²) in [4.78, 5) is 10.8. The van der Waals surface area contributed by atoms with Crippen LogP contribution in [0.15, 0.2) is 12.1 Å². The number of nitro groups is 1. The van der Waals surface area contributed by atoms with Gasteiger partial charge in [0.1, 0.15) is 0 Å². The van der Waals surface area contributed by atoms with Gasteiger partial charge in [0.15, 0.2) is 16.6 Å². The van der Waals surface area contributed by atoms with E-state index in [-0.39, 0.29) is 5.69 Å². The Labute approximate surface area is 135 Å². The maximum Gasteiger partial charge on any atom is 0.276 e. The van der Waals surface area contributed by atoms with Crippen LogP contribution in [-0.4, -0.2) is 37.3 Å². The molecule has 8 heteroatoms. The van der Waals surface area contributed by atoms with Crippen molar-refractivity contribution in [2.45, 2.75) is 19.8 Å². The molecular formula is C14H21N3O4S. The first kappa shape index (κ1) is 18.0. The zero-order valence-corrected chi connectivity index (χ0v) is 13.8. The fourth-order valence-electron chi connectivity index (χ4n) is 1.89. The third kappa shape index (κ3) is 5.03. The Morgan fingerprint density at radius 1 is 1.23 bits per heavy atom. The number of rotatable bonds is 8. The predicted molar refractivity (Wildman–Crippen MR) is 88.8 cm³/mol. The maximum atomic E-state index is 11.2. The van der Waals surface area contributed by atoms with Gasteiger partial charge in [-0.1, -0.05) is 6.92 Å². The minimum atomic E-state index is -0.426. The summed E-state index contributed by atoms with van der Waals surface area (Å²) in [6, 6.07) is 3.00. The summed E-state index contributed by atoms with van der Waals surface area (Å²) in [6.45, 7) is 3.33. The molecule has 1 aromatic rings. The van der Waals surface area contributed by atoms with E-state index in [0.29, 0.717) is 35.1 Å². The van der Waals surface area contributed by atoms with Crippen molar-refractivity contribution >= 4 is 23.0 Å². The topological polar surface area (TPSA) is 85.7 Å². The molecule has 1 aromatic carbocycles. The van der Waals surface area contributed by atoms with Crippen molar-refractivity contribution in [1.29, 1.82) is 0 Å². The van der Waals surface area contributed by atoms with Gasteiger partial charge in [0.2, 0.25) is 0 Å². The van der Waals surface area contributed by atoms with Crippen molar-refractivity contribution in [2.24, 2.45) is 0 Å². The first-order chi connectivity index (χ1) is 10.5. The van der Waals surface area contributed by atoms with E-state index in [1.54, 1.807) is 6.07 Å². The van der Waals surface area contributed by atoms with Crippen LogP contribution in [0.1, 0.15) is 18.9 Å². The number of methoxy groups -OCH3 is 2. The van der Waals surface area contributed by atoms with Gasteiger partial charge in [-0.15, -0.1) is 0 Å². The van der Waals surface area contributed by atoms with Gasteiger partial charge in [-0.3, -0.25) is 10.1 Å². The number of nitrogens with one attached hydrogen (secondary N) is 2. The van der Waals surface area contributed by atoms with E-state index in [2.05, 4.69) is 10.6 Å². The lowest BCUT2D eigenvalue weighted by Crippen LogP contribution is -2.36. The standard InChI is InChI=1S/C14H21N3O4S/c1-4-6-15-14(22)16-7-5-10-8-12(20-2)13(21-3)9-11(10)17(18)19/h8-9H,4-7H2,1-3H3,(H2,15,16,22). The second-order valence-electron chi connectivity index (χ2n) is 4.53. The van der Waals surface area contributed by atoms with Crippen LogP contribution in [0.4, 0.5) is 5.69 Å². The zero-order valence-electron chi connectivity index (χ0n) is 13.0. The Bertz CT molecular complexity index is 537. The Balaban J connectivity index is 2.80. The molecule has 7 nitrogen and oxygen atoms in total. The number of benzene rings is 1. The fourth-order valence-corrected chi connectivity index (χ4v) is 2.10. The molecule has 0 spiro atoms. The molecule has 0 bridgehead atoms. The zero-order chi connectivity index (χ0) is 16.5. The average Bonchev–Trinajstić information content (AvgIpc) is 2.51. The molecule has 0 radical (unpaired) electrons. The van der Waals surface area contributed by atoms with Gasteiger partial charge >= 0.3 is 0 Å². The third-order valence-electron chi connectivity index (χ3n) is 3.00. The van der Waals surface area contributed by atoms with Crippen molar-refractivity contribution in [3.8, 4) is 11.5 Å². The Hall–Kier alpha value is -2.09. The highest BCUT2D eigenvalue weighted by Crippen LogP contribution is 2.34. The smallest absolute Gasteiger partial charge is 0.276 e. The third-order valence-corrected chi connectivity index (χ3v) is 3.29. The number of ether oxygens (including phenoxy) is 2. The summed E-state index contributed by atoms with van der Waals surface area (Å²) in [6.07, 6.45) is 1.42. The molecule has 0 aliphatic carbocycles. The average molecular weight is 327 g/mol. The van der Waals surface area contributed by atoms with Gasteiger partial charge in [0, 0.05) is 18.7 Å². The van der Waals surface area contributed by atoms with E-state index in [1.807, 2.05) is 6.92 Å². The summed E-state index contributed by atoms with van der Waals surface area (Å²) < 4.78 is 10.3. The molecule has 122 valence electrons. The molecule has 0 aromatic heterocycles. The van der Waals surface area contributed by atoms with E-state index in [4.69, 9.17) is 21.7 Å². The van der Waals surface area contributed by atoms with Crippen LogP contribution in [0, 0.1) is 10.1 Å². The first-order valence-electron chi connectivity index (χ1n) is 6.94. The summed E-state index contributed by atoms with van der Waals surface area (Å²) in [7, 11) is 2.94. The van der Waals surface area contributed by atoms with Crippen LogP contribution < -0.4 is 20.1 Å². The highest BCUT2D eigenvalue weighted by molar-refractivity contribution is 7.80. The van der Waals surface area contributed by atoms with Gasteiger partial charge < -0.3 is 20.1 Å². The van der Waals surface area contributed by atoms with Crippen molar-refractivity contribution in [3.05, 3.63) is 27.8 Å². The predicted octanol–water partition coefficient (Wildman–Crippen LogP) is 2.03. The quantitative estimate of drug-likeness (QED) is 0.429. The summed E-state index contributed by atoms with van der Waals surface area (Å²) in [5.41, 5.74) is 0.570. The monoisotopic (exact) mass is 327 g/mol. The van der Waals surface area contributed by atoms with Crippen molar-refractivity contribution < 1.29 is 14.4 Å². The van der Waals surface area contributed by atoms with Crippen LogP contribution in [-0.2, 0) is 6.42 Å². The van der Waals surface area contributed by atoms with E-state index in [9.17, 15) is 10.1 Å². The second-order valence-corrected chi connectivity index (χ2v) is 4.93. The molecule has 0 saturated carbocycles. The molecule has 0 heterocycles. The van der Waals surface area contributed by atoms with Crippen LogP contribution in [0.25, 0.3) is 0 Å². The van der Waals surface area contributed by atoms with Crippen molar-refractivity contribution in [2.75, 3.05) is 27.3 Å².